The number of nitrogens with zero attached hydrogens (tertiary/aromatic N) is 3. The second-order valence-corrected chi connectivity index (χ2v) is 3.06. The lowest BCUT2D eigenvalue weighted by Gasteiger charge is -2.07. The maximum absolute atomic E-state index is 11.2. The molecule has 0 bridgehead atoms. The van der Waals surface area contributed by atoms with Crippen molar-refractivity contribution in [1.29, 1.82) is 0 Å². The first-order valence-electron chi connectivity index (χ1n) is 4.45. The molecule has 16 heavy (non-hydrogen) atoms. The maximum Gasteiger partial charge on any atom is 0.277 e. The number of nitrogens with one attached hydrogen (secondary N) is 1. The van der Waals surface area contributed by atoms with E-state index in [0.717, 1.165) is 0 Å². The van der Waals surface area contributed by atoms with Gasteiger partial charge in [-0.1, -0.05) is 12.6 Å². The van der Waals surface area contributed by atoms with Crippen LogP contribution in [0, 0.1) is 0 Å². The molecular weight excluding hydrogens is 208 g/mol. The molecule has 0 radical (unpaired) electrons. The van der Waals surface area contributed by atoms with Gasteiger partial charge in [-0.25, -0.2) is 4.99 Å². The van der Waals surface area contributed by atoms with Crippen molar-refractivity contribution in [2.45, 2.75) is 0 Å². The first-order valence-corrected chi connectivity index (χ1v) is 4.45. The summed E-state index contributed by atoms with van der Waals surface area (Å²) >= 11 is 0. The van der Waals surface area contributed by atoms with E-state index in [2.05, 4.69) is 27.1 Å². The van der Waals surface area contributed by atoms with E-state index in [1.54, 1.807) is 12.1 Å². The predicted molar refractivity (Wildman–Crippen MR) is 57.3 cm³/mol. The zero-order valence-electron chi connectivity index (χ0n) is 8.21. The fourth-order valence-electron chi connectivity index (χ4n) is 1.09. The van der Waals surface area contributed by atoms with Gasteiger partial charge in [0.2, 0.25) is 5.96 Å². The molecule has 0 aromatic heterocycles. The highest BCUT2D eigenvalue weighted by molar-refractivity contribution is 6.07. The topological polar surface area (TPSA) is 86.4 Å². The van der Waals surface area contributed by atoms with Crippen LogP contribution in [0.5, 0.6) is 5.75 Å². The summed E-state index contributed by atoms with van der Waals surface area (Å²) in [6.07, 6.45) is 0. The third kappa shape index (κ3) is 2.11. The Morgan fingerprint density at radius 3 is 2.88 bits per heavy atom. The summed E-state index contributed by atoms with van der Waals surface area (Å²) in [4.78, 5) is 15.2. The van der Waals surface area contributed by atoms with Crippen LogP contribution in [-0.4, -0.2) is 17.0 Å². The largest absolute Gasteiger partial charge is 0.508 e. The lowest BCUT2D eigenvalue weighted by Crippen LogP contribution is -2.32. The number of phenolic OH excluding ortho intramolecular Hbond substituents is 1. The molecule has 0 saturated carbocycles. The SMILES string of the molecule is C=C1N=NC(=Nc2cccc(O)c2)NC1=O. The molecular formula is C10H8N4O2. The Hall–Kier alpha value is -2.50. The van der Waals surface area contributed by atoms with Crippen LogP contribution in [-0.2, 0) is 4.79 Å². The maximum atomic E-state index is 11.2. The molecule has 1 amide bonds. The minimum absolute atomic E-state index is 0.0369. The highest BCUT2D eigenvalue weighted by Crippen LogP contribution is 2.18. The van der Waals surface area contributed by atoms with Crippen molar-refractivity contribution >= 4 is 17.6 Å². The highest BCUT2D eigenvalue weighted by atomic mass is 16.3. The third-order valence-corrected chi connectivity index (χ3v) is 1.82. The molecule has 2 N–H and O–H groups in total. The van der Waals surface area contributed by atoms with E-state index in [-0.39, 0.29) is 17.4 Å². The summed E-state index contributed by atoms with van der Waals surface area (Å²) < 4.78 is 0. The summed E-state index contributed by atoms with van der Waals surface area (Å²) in [7, 11) is 0. The predicted octanol–water partition coefficient (Wildman–Crippen LogP) is 1.48. The van der Waals surface area contributed by atoms with Gasteiger partial charge < -0.3 is 5.11 Å². The lowest BCUT2D eigenvalue weighted by molar-refractivity contribution is -0.116. The van der Waals surface area contributed by atoms with Gasteiger partial charge in [-0.15, -0.1) is 10.2 Å². The monoisotopic (exact) mass is 216 g/mol. The number of rotatable bonds is 1. The van der Waals surface area contributed by atoms with Crippen molar-refractivity contribution in [3.05, 3.63) is 36.5 Å². The summed E-state index contributed by atoms with van der Waals surface area (Å²) in [5.41, 5.74) is 0.511. The zero-order chi connectivity index (χ0) is 11.5. The van der Waals surface area contributed by atoms with Crippen molar-refractivity contribution in [1.82, 2.24) is 5.32 Å². The molecule has 6 heteroatoms. The highest BCUT2D eigenvalue weighted by Gasteiger charge is 2.14. The van der Waals surface area contributed by atoms with Crippen molar-refractivity contribution < 1.29 is 9.90 Å². The van der Waals surface area contributed by atoms with Gasteiger partial charge in [0.1, 0.15) is 11.4 Å². The Kier molecular flexibility index (Phi) is 2.47. The molecule has 0 fully saturated rings. The van der Waals surface area contributed by atoms with Crippen molar-refractivity contribution in [2.75, 3.05) is 0 Å². The lowest BCUT2D eigenvalue weighted by atomic mass is 10.3. The minimum Gasteiger partial charge on any atom is -0.508 e. The molecule has 0 aliphatic carbocycles. The van der Waals surface area contributed by atoms with Crippen LogP contribution in [0.2, 0.25) is 0 Å². The molecule has 0 spiro atoms. The van der Waals surface area contributed by atoms with Gasteiger partial charge in [-0.3, -0.25) is 10.1 Å². The first-order chi connectivity index (χ1) is 7.65. The Balaban J connectivity index is 2.29. The molecule has 0 atom stereocenters. The minimum atomic E-state index is -0.436. The van der Waals surface area contributed by atoms with Gasteiger partial charge >= 0.3 is 0 Å². The molecule has 1 aliphatic heterocycles. The fraction of sp³-hybridized carbons (Fsp3) is 0. The smallest absolute Gasteiger partial charge is 0.277 e. The number of carbonyl (C=O) groups is 1. The summed E-state index contributed by atoms with van der Waals surface area (Å²) in [6, 6.07) is 6.26. The Labute approximate surface area is 91.0 Å². The number of aliphatic imine (C=N–C) groups is 1. The molecule has 1 aromatic rings. The molecule has 0 saturated heterocycles. The zero-order valence-corrected chi connectivity index (χ0v) is 8.21. The number of aromatic hydroxyl groups is 1. The molecule has 0 unspecified atom stereocenters. The van der Waals surface area contributed by atoms with E-state index in [0.29, 0.717) is 5.69 Å². The fourth-order valence-corrected chi connectivity index (χ4v) is 1.09. The molecule has 6 nitrogen and oxygen atoms in total. The van der Waals surface area contributed by atoms with Gasteiger partial charge in [-0.05, 0) is 12.1 Å². The van der Waals surface area contributed by atoms with Crippen molar-refractivity contribution in [2.24, 2.45) is 15.2 Å². The van der Waals surface area contributed by atoms with Crippen molar-refractivity contribution in [3.63, 3.8) is 0 Å². The number of azo groups is 1. The van der Waals surface area contributed by atoms with Gasteiger partial charge in [0, 0.05) is 6.07 Å². The Morgan fingerprint density at radius 2 is 2.19 bits per heavy atom. The van der Waals surface area contributed by atoms with Gasteiger partial charge in [-0.2, -0.15) is 0 Å². The second kappa shape index (κ2) is 3.93. The second-order valence-electron chi connectivity index (χ2n) is 3.06. The number of phenols is 1. The van der Waals surface area contributed by atoms with Crippen LogP contribution in [0.4, 0.5) is 5.69 Å². The summed E-state index contributed by atoms with van der Waals surface area (Å²) in [6.45, 7) is 3.38. The van der Waals surface area contributed by atoms with E-state index < -0.39 is 5.91 Å². The summed E-state index contributed by atoms with van der Waals surface area (Å²) in [5, 5.41) is 18.8. The average molecular weight is 216 g/mol. The average Bonchev–Trinajstić information content (AvgIpc) is 2.24. The van der Waals surface area contributed by atoms with E-state index >= 15 is 0 Å². The van der Waals surface area contributed by atoms with E-state index in [4.69, 9.17) is 0 Å². The Bertz CT molecular complexity index is 519. The number of hydrogen-bond donors (Lipinski definition) is 2. The molecule has 80 valence electrons. The van der Waals surface area contributed by atoms with Gasteiger partial charge in [0.05, 0.1) is 5.69 Å². The van der Waals surface area contributed by atoms with E-state index in [1.165, 1.54) is 12.1 Å². The van der Waals surface area contributed by atoms with Crippen LogP contribution < -0.4 is 5.32 Å². The van der Waals surface area contributed by atoms with Crippen molar-refractivity contribution in [3.8, 4) is 5.75 Å². The third-order valence-electron chi connectivity index (χ3n) is 1.82. The van der Waals surface area contributed by atoms with Crippen LogP contribution in [0.3, 0.4) is 0 Å². The molecule has 1 aromatic carbocycles. The molecule has 1 heterocycles. The number of hydrogen-bond acceptors (Lipinski definition) is 4. The number of carbonyl (C=O) groups excluding carboxylic acids is 1. The first kappa shape index (κ1) is 10.0. The van der Waals surface area contributed by atoms with Gasteiger partial charge in [0.15, 0.2) is 0 Å². The van der Waals surface area contributed by atoms with E-state index in [1.807, 2.05) is 0 Å². The molecule has 1 aliphatic rings. The van der Waals surface area contributed by atoms with Crippen LogP contribution in [0.15, 0.2) is 51.8 Å². The van der Waals surface area contributed by atoms with E-state index in [9.17, 15) is 9.90 Å². The standard InChI is InChI=1S/C10H8N4O2/c1-6-9(16)12-10(14-13-6)11-7-3-2-4-8(15)5-7/h2-5,15H,1H2,(H,11,12,16). The number of benzene rings is 1. The number of guanidine groups is 1. The normalized spacial score (nSPS) is 17.6. The summed E-state index contributed by atoms with van der Waals surface area (Å²) in [5.74, 6) is -0.276. The van der Waals surface area contributed by atoms with Gasteiger partial charge in [0.25, 0.3) is 5.91 Å². The quantitative estimate of drug-likeness (QED) is 0.696. The number of amides is 1. The Morgan fingerprint density at radius 1 is 1.38 bits per heavy atom. The molecule has 2 rings (SSSR count). The van der Waals surface area contributed by atoms with Crippen LogP contribution in [0.25, 0.3) is 0 Å². The van der Waals surface area contributed by atoms with Crippen LogP contribution >= 0.6 is 0 Å². The van der Waals surface area contributed by atoms with Crippen LogP contribution in [0.1, 0.15) is 0 Å².